The van der Waals surface area contributed by atoms with E-state index in [4.69, 9.17) is 5.73 Å². The van der Waals surface area contributed by atoms with Crippen LogP contribution >= 0.6 is 0 Å². The van der Waals surface area contributed by atoms with Crippen molar-refractivity contribution >= 4 is 23.5 Å². The van der Waals surface area contributed by atoms with Crippen molar-refractivity contribution in [1.82, 2.24) is 10.2 Å². The predicted octanol–water partition coefficient (Wildman–Crippen LogP) is 1.88. The van der Waals surface area contributed by atoms with Gasteiger partial charge >= 0.3 is 0 Å². The number of fused-ring (bicyclic) bond motifs is 1. The Bertz CT molecular complexity index is 784. The monoisotopic (exact) mass is 431 g/mol. The number of nitrogens with one attached hydrogen (secondary N) is 1. The lowest BCUT2D eigenvalue weighted by Crippen LogP contribution is -2.56. The number of rotatable bonds is 10. The van der Waals surface area contributed by atoms with Crippen LogP contribution in [0.1, 0.15) is 66.2 Å². The van der Waals surface area contributed by atoms with Gasteiger partial charge in [0, 0.05) is 12.5 Å². The van der Waals surface area contributed by atoms with E-state index in [1.807, 2.05) is 0 Å². The quantitative estimate of drug-likeness (QED) is 0.515. The summed E-state index contributed by atoms with van der Waals surface area (Å²) in [5, 5.41) is 2.83. The highest BCUT2D eigenvalue weighted by molar-refractivity contribution is 6.37. The normalized spacial score (nSPS) is 30.5. The molecule has 7 heteroatoms. The standard InChI is InChI=1S/C24H37N3O4/c1-12(2)9-15(14-7-8-14)23(31)27-11-16-18(24(16,3)4)19(27)22(30)26-17(10-13-5-6-13)20(28)21(25)29/h12-19H,5-11H2,1-4H3,(H2,25,29)(H,26,30)/t15-,16-,17?,18-,19-/m0/s1. The smallest absolute Gasteiger partial charge is 0.287 e. The summed E-state index contributed by atoms with van der Waals surface area (Å²) in [6, 6.07) is -1.45. The van der Waals surface area contributed by atoms with Crippen molar-refractivity contribution in [2.24, 2.45) is 46.7 Å². The fourth-order valence-corrected chi connectivity index (χ4v) is 5.87. The largest absolute Gasteiger partial charge is 0.363 e. The van der Waals surface area contributed by atoms with Crippen LogP contribution in [-0.4, -0.2) is 47.0 Å². The molecule has 3 N–H and O–H groups in total. The molecule has 0 aromatic heterocycles. The third kappa shape index (κ3) is 4.37. The number of primary amides is 1. The number of piperidine rings is 1. The molecule has 4 aliphatic rings. The van der Waals surface area contributed by atoms with Crippen molar-refractivity contribution in [3.63, 3.8) is 0 Å². The van der Waals surface area contributed by atoms with Crippen LogP contribution in [0.2, 0.25) is 0 Å². The van der Waals surface area contributed by atoms with Gasteiger partial charge in [-0.3, -0.25) is 19.2 Å². The van der Waals surface area contributed by atoms with Crippen LogP contribution in [0.5, 0.6) is 0 Å². The van der Waals surface area contributed by atoms with Crippen molar-refractivity contribution in [3.05, 3.63) is 0 Å². The summed E-state index contributed by atoms with van der Waals surface area (Å²) in [6.07, 6.45) is 5.47. The molecular formula is C24H37N3O4. The molecule has 0 spiro atoms. The maximum atomic E-state index is 13.6. The highest BCUT2D eigenvalue weighted by atomic mass is 16.2. The Morgan fingerprint density at radius 2 is 1.74 bits per heavy atom. The first-order valence-corrected chi connectivity index (χ1v) is 12.0. The molecule has 1 aliphatic heterocycles. The second-order valence-corrected chi connectivity index (χ2v) is 11.4. The molecule has 172 valence electrons. The Balaban J connectivity index is 1.52. The molecule has 0 aromatic carbocycles. The summed E-state index contributed by atoms with van der Waals surface area (Å²) in [5.74, 6) is -0.366. The Kier molecular flexibility index (Phi) is 5.67. The molecule has 31 heavy (non-hydrogen) atoms. The Morgan fingerprint density at radius 3 is 2.26 bits per heavy atom. The fraction of sp³-hybridized carbons (Fsp3) is 0.833. The van der Waals surface area contributed by atoms with Gasteiger partial charge in [-0.15, -0.1) is 0 Å². The molecule has 1 unspecified atom stereocenters. The van der Waals surface area contributed by atoms with E-state index in [-0.39, 0.29) is 29.1 Å². The summed E-state index contributed by atoms with van der Waals surface area (Å²) in [4.78, 5) is 52.7. The number of ketones is 1. The van der Waals surface area contributed by atoms with Gasteiger partial charge in [-0.2, -0.15) is 0 Å². The molecule has 0 aromatic rings. The van der Waals surface area contributed by atoms with Crippen LogP contribution in [0.15, 0.2) is 0 Å². The van der Waals surface area contributed by atoms with Gasteiger partial charge < -0.3 is 16.0 Å². The number of Topliss-reactive ketones (excluding diaryl/α,β-unsaturated/α-hetero) is 1. The zero-order valence-electron chi connectivity index (χ0n) is 19.2. The summed E-state index contributed by atoms with van der Waals surface area (Å²) in [7, 11) is 0. The lowest BCUT2D eigenvalue weighted by Gasteiger charge is -2.34. The van der Waals surface area contributed by atoms with E-state index in [9.17, 15) is 19.2 Å². The van der Waals surface area contributed by atoms with Gasteiger partial charge in [0.25, 0.3) is 5.91 Å². The number of nitrogens with two attached hydrogens (primary N) is 1. The molecule has 1 heterocycles. The second kappa shape index (κ2) is 7.89. The van der Waals surface area contributed by atoms with Crippen LogP contribution in [0, 0.1) is 40.9 Å². The summed E-state index contributed by atoms with van der Waals surface area (Å²) in [6.45, 7) is 9.16. The average Bonchev–Trinajstić information content (AvgIpc) is 3.62. The molecule has 1 saturated heterocycles. The van der Waals surface area contributed by atoms with Gasteiger partial charge in [0.1, 0.15) is 6.04 Å². The summed E-state index contributed by atoms with van der Waals surface area (Å²) >= 11 is 0. The summed E-state index contributed by atoms with van der Waals surface area (Å²) < 4.78 is 0. The third-order valence-corrected chi connectivity index (χ3v) is 8.14. The lowest BCUT2D eigenvalue weighted by molar-refractivity contribution is -0.145. The average molecular weight is 432 g/mol. The topological polar surface area (TPSA) is 110 Å². The molecule has 3 amide bonds. The van der Waals surface area contributed by atoms with Gasteiger partial charge in [-0.1, -0.05) is 40.5 Å². The molecule has 0 bridgehead atoms. The Labute approximate surface area is 184 Å². The number of amides is 3. The number of carbonyl (C=O) groups is 4. The second-order valence-electron chi connectivity index (χ2n) is 11.4. The van der Waals surface area contributed by atoms with Crippen LogP contribution in [0.4, 0.5) is 0 Å². The molecule has 3 aliphatic carbocycles. The SMILES string of the molecule is CC(C)C[C@H](C(=O)N1C[C@H]2[C@@H]([C@H]1C(=O)NC(CC1CC1)C(=O)C(N)=O)C2(C)C)C1CC1. The van der Waals surface area contributed by atoms with E-state index in [0.717, 1.165) is 32.1 Å². The van der Waals surface area contributed by atoms with Crippen LogP contribution in [0.3, 0.4) is 0 Å². The molecule has 3 saturated carbocycles. The van der Waals surface area contributed by atoms with Gasteiger partial charge in [-0.25, -0.2) is 0 Å². The minimum Gasteiger partial charge on any atom is -0.363 e. The van der Waals surface area contributed by atoms with E-state index in [2.05, 4.69) is 33.0 Å². The predicted molar refractivity (Wildman–Crippen MR) is 115 cm³/mol. The molecule has 5 atom stereocenters. The first kappa shape index (κ1) is 22.3. The number of hydrogen-bond acceptors (Lipinski definition) is 4. The molecule has 7 nitrogen and oxygen atoms in total. The van der Waals surface area contributed by atoms with E-state index >= 15 is 0 Å². The van der Waals surface area contributed by atoms with E-state index in [1.165, 1.54) is 0 Å². The van der Waals surface area contributed by atoms with Gasteiger partial charge in [0.05, 0.1) is 6.04 Å². The number of hydrogen-bond donors (Lipinski definition) is 2. The number of likely N-dealkylation sites (tertiary alicyclic amines) is 1. The number of nitrogens with zero attached hydrogens (tertiary/aromatic N) is 1. The van der Waals surface area contributed by atoms with Gasteiger partial charge in [-0.05, 0) is 60.7 Å². The highest BCUT2D eigenvalue weighted by Gasteiger charge is 2.69. The van der Waals surface area contributed by atoms with E-state index in [1.54, 1.807) is 4.90 Å². The molecule has 0 radical (unpaired) electrons. The van der Waals surface area contributed by atoms with Gasteiger partial charge in [0.15, 0.2) is 0 Å². The maximum absolute atomic E-state index is 13.6. The fourth-order valence-electron chi connectivity index (χ4n) is 5.87. The molecule has 4 rings (SSSR count). The third-order valence-electron chi connectivity index (χ3n) is 8.14. The van der Waals surface area contributed by atoms with Crippen molar-refractivity contribution < 1.29 is 19.2 Å². The van der Waals surface area contributed by atoms with Crippen molar-refractivity contribution in [1.29, 1.82) is 0 Å². The maximum Gasteiger partial charge on any atom is 0.287 e. The molecular weight excluding hydrogens is 394 g/mol. The lowest BCUT2D eigenvalue weighted by atomic mass is 9.90. The zero-order valence-corrected chi connectivity index (χ0v) is 19.2. The minimum absolute atomic E-state index is 0.00555. The highest BCUT2D eigenvalue weighted by Crippen LogP contribution is 2.65. The first-order chi connectivity index (χ1) is 14.5. The van der Waals surface area contributed by atoms with Crippen molar-refractivity contribution in [2.45, 2.75) is 78.3 Å². The Hall–Kier alpha value is -1.92. The number of carbonyl (C=O) groups excluding carboxylic acids is 4. The van der Waals surface area contributed by atoms with Crippen LogP contribution in [-0.2, 0) is 19.2 Å². The van der Waals surface area contributed by atoms with Gasteiger partial charge in [0.2, 0.25) is 17.6 Å². The molecule has 4 fully saturated rings. The first-order valence-electron chi connectivity index (χ1n) is 12.0. The van der Waals surface area contributed by atoms with Crippen molar-refractivity contribution in [2.75, 3.05) is 6.54 Å². The summed E-state index contributed by atoms with van der Waals surface area (Å²) in [5.41, 5.74) is 5.24. The van der Waals surface area contributed by atoms with E-state index in [0.29, 0.717) is 36.6 Å². The van der Waals surface area contributed by atoms with Crippen LogP contribution < -0.4 is 11.1 Å². The Morgan fingerprint density at radius 1 is 1.10 bits per heavy atom. The van der Waals surface area contributed by atoms with Crippen LogP contribution in [0.25, 0.3) is 0 Å². The van der Waals surface area contributed by atoms with Crippen molar-refractivity contribution in [3.8, 4) is 0 Å². The zero-order chi connectivity index (χ0) is 22.7. The minimum atomic E-state index is -1.01. The van der Waals surface area contributed by atoms with E-state index < -0.39 is 23.8 Å².